The molecule has 0 atom stereocenters. The summed E-state index contributed by atoms with van der Waals surface area (Å²) in [5.41, 5.74) is -0.469. The van der Waals surface area contributed by atoms with E-state index < -0.39 is 17.5 Å². The lowest BCUT2D eigenvalue weighted by atomic mass is 9.81. The molecule has 12 heteroatoms. The maximum Gasteiger partial charge on any atom is 0.433 e. The third-order valence-corrected chi connectivity index (χ3v) is 7.69. The molecule has 2 aromatic heterocycles. The van der Waals surface area contributed by atoms with E-state index in [0.717, 1.165) is 49.2 Å². The number of carbonyl (C=O) groups is 1. The highest BCUT2D eigenvalue weighted by Crippen LogP contribution is 2.44. The zero-order chi connectivity index (χ0) is 25.3. The number of carbonyl (C=O) groups excluding carboxylic acids is 1. The van der Waals surface area contributed by atoms with Crippen LogP contribution in [-0.4, -0.2) is 32.1 Å². The monoisotopic (exact) mass is 518 g/mol. The minimum Gasteiger partial charge on any atom is -0.383 e. The fourth-order valence-corrected chi connectivity index (χ4v) is 5.44. The van der Waals surface area contributed by atoms with Crippen LogP contribution in [0.1, 0.15) is 55.6 Å². The first-order valence-corrected chi connectivity index (χ1v) is 12.6. The van der Waals surface area contributed by atoms with E-state index in [-0.39, 0.29) is 18.0 Å². The molecule has 0 saturated heterocycles. The van der Waals surface area contributed by atoms with Crippen molar-refractivity contribution >= 4 is 34.7 Å². The second-order valence-electron chi connectivity index (χ2n) is 9.18. The molecule has 0 unspecified atom stereocenters. The predicted molar refractivity (Wildman–Crippen MR) is 130 cm³/mol. The highest BCUT2D eigenvalue weighted by Gasteiger charge is 2.39. The Morgan fingerprint density at radius 3 is 2.53 bits per heavy atom. The molecule has 0 aliphatic heterocycles. The van der Waals surface area contributed by atoms with E-state index in [2.05, 4.69) is 30.9 Å². The smallest absolute Gasteiger partial charge is 0.383 e. The number of nitrogens with zero attached hydrogens (tertiary/aromatic N) is 3. The van der Waals surface area contributed by atoms with E-state index in [9.17, 15) is 23.1 Å². The molecule has 2 aliphatic carbocycles. The van der Waals surface area contributed by atoms with Crippen molar-refractivity contribution in [1.29, 1.82) is 0 Å². The highest BCUT2D eigenvalue weighted by atomic mass is 32.1. The minimum absolute atomic E-state index is 0.122. The summed E-state index contributed by atoms with van der Waals surface area (Å²) in [5, 5.41) is 19.9. The van der Waals surface area contributed by atoms with E-state index in [1.807, 2.05) is 0 Å². The molecule has 5 rings (SSSR count). The number of aliphatic hydroxyl groups is 1. The molecule has 190 valence electrons. The maximum atomic E-state index is 13.1. The molecule has 4 N–H and O–H groups in total. The Balaban J connectivity index is 1.43. The van der Waals surface area contributed by atoms with E-state index in [1.165, 1.54) is 11.3 Å². The van der Waals surface area contributed by atoms with Crippen LogP contribution in [0.2, 0.25) is 0 Å². The average molecular weight is 519 g/mol. The van der Waals surface area contributed by atoms with Gasteiger partial charge in [0.25, 0.3) is 0 Å². The van der Waals surface area contributed by atoms with Gasteiger partial charge < -0.3 is 21.1 Å². The number of thiazole rings is 1. The lowest BCUT2D eigenvalue weighted by Gasteiger charge is -2.34. The Bertz CT molecular complexity index is 1250. The quantitative estimate of drug-likeness (QED) is 0.328. The number of benzene rings is 1. The minimum atomic E-state index is -4.60. The van der Waals surface area contributed by atoms with Gasteiger partial charge in [0.05, 0.1) is 4.88 Å². The molecule has 0 spiro atoms. The van der Waals surface area contributed by atoms with Crippen LogP contribution in [0, 0.1) is 0 Å². The van der Waals surface area contributed by atoms with Crippen LogP contribution in [0.15, 0.2) is 36.7 Å². The van der Waals surface area contributed by atoms with Gasteiger partial charge in [-0.15, -0.1) is 11.3 Å². The van der Waals surface area contributed by atoms with Crippen LogP contribution < -0.4 is 16.0 Å². The van der Waals surface area contributed by atoms with Gasteiger partial charge in [-0.1, -0.05) is 12.8 Å². The number of nitrogens with one attached hydrogen (secondary N) is 3. The third kappa shape index (κ3) is 5.44. The molecule has 2 heterocycles. The number of rotatable bonds is 6. The van der Waals surface area contributed by atoms with E-state index >= 15 is 0 Å². The summed E-state index contributed by atoms with van der Waals surface area (Å²) in [6.07, 6.45) is 4.34. The van der Waals surface area contributed by atoms with Crippen LogP contribution in [-0.2, 0) is 11.8 Å². The molecule has 36 heavy (non-hydrogen) atoms. The number of alkyl halides is 3. The standard InChI is InChI=1S/C24H25F3N6O2S/c25-24(26,27)19-6-9-28-21(33-19)30-16-10-14(18-13-29-20(36-18)23(35)7-3-8-23)11-17(12-16)32-22(34)31-15-4-1-2-5-15/h6,9-13,15,35H,1-5,7-8H2,(H,28,30,33)(H2,31,32,34). The Morgan fingerprint density at radius 2 is 1.83 bits per heavy atom. The fraction of sp³-hybridized carbons (Fsp3) is 0.417. The Hall–Kier alpha value is -3.25. The molecule has 2 aliphatic rings. The molecule has 3 aromatic rings. The van der Waals surface area contributed by atoms with Crippen molar-refractivity contribution in [3.8, 4) is 10.4 Å². The zero-order valence-electron chi connectivity index (χ0n) is 19.2. The average Bonchev–Trinajstić information content (AvgIpc) is 3.49. The molecular formula is C24H25F3N6O2S. The van der Waals surface area contributed by atoms with E-state index in [1.54, 1.807) is 24.4 Å². The van der Waals surface area contributed by atoms with Crippen LogP contribution in [0.3, 0.4) is 0 Å². The Labute approximate surface area is 209 Å². The van der Waals surface area contributed by atoms with Gasteiger partial charge in [-0.25, -0.2) is 19.7 Å². The SMILES string of the molecule is O=C(Nc1cc(Nc2nccc(C(F)(F)F)n2)cc(-c2cnc(C3(O)CCC3)s2)c1)NC1CCCC1. The van der Waals surface area contributed by atoms with E-state index in [0.29, 0.717) is 34.8 Å². The summed E-state index contributed by atoms with van der Waals surface area (Å²) >= 11 is 1.35. The molecular weight excluding hydrogens is 493 g/mol. The van der Waals surface area contributed by atoms with Gasteiger partial charge in [-0.05, 0) is 61.9 Å². The normalized spacial score (nSPS) is 17.4. The van der Waals surface area contributed by atoms with Gasteiger partial charge in [0.15, 0.2) is 0 Å². The van der Waals surface area contributed by atoms with Gasteiger partial charge in [-0.3, -0.25) is 0 Å². The number of halogens is 3. The predicted octanol–water partition coefficient (Wildman–Crippen LogP) is 5.80. The Morgan fingerprint density at radius 1 is 1.08 bits per heavy atom. The van der Waals surface area contributed by atoms with Crippen LogP contribution in [0.5, 0.6) is 0 Å². The van der Waals surface area contributed by atoms with Crippen molar-refractivity contribution in [3.05, 3.63) is 47.4 Å². The molecule has 0 bridgehead atoms. The van der Waals surface area contributed by atoms with Crippen LogP contribution in [0.4, 0.5) is 35.3 Å². The highest BCUT2D eigenvalue weighted by molar-refractivity contribution is 7.15. The molecule has 0 radical (unpaired) electrons. The summed E-state index contributed by atoms with van der Waals surface area (Å²) in [5.74, 6) is -0.225. The Kier molecular flexibility index (Phi) is 6.56. The largest absolute Gasteiger partial charge is 0.433 e. The summed E-state index contributed by atoms with van der Waals surface area (Å²) in [6, 6.07) is 5.64. The molecule has 1 aromatic carbocycles. The topological polar surface area (TPSA) is 112 Å². The third-order valence-electron chi connectivity index (χ3n) is 6.45. The molecule has 2 saturated carbocycles. The van der Waals surface area contributed by atoms with Crippen molar-refractivity contribution in [2.45, 2.75) is 62.8 Å². The second-order valence-corrected chi connectivity index (χ2v) is 10.2. The fourth-order valence-electron chi connectivity index (χ4n) is 4.39. The van der Waals surface area contributed by atoms with Gasteiger partial charge in [-0.2, -0.15) is 13.2 Å². The van der Waals surface area contributed by atoms with Crippen molar-refractivity contribution < 1.29 is 23.1 Å². The van der Waals surface area contributed by atoms with Crippen LogP contribution in [0.25, 0.3) is 10.4 Å². The summed E-state index contributed by atoms with van der Waals surface area (Å²) in [7, 11) is 0. The summed E-state index contributed by atoms with van der Waals surface area (Å²) in [6.45, 7) is 0. The van der Waals surface area contributed by atoms with Gasteiger partial charge in [0.2, 0.25) is 5.95 Å². The zero-order valence-corrected chi connectivity index (χ0v) is 20.0. The first-order valence-electron chi connectivity index (χ1n) is 11.8. The molecule has 8 nitrogen and oxygen atoms in total. The number of urea groups is 1. The van der Waals surface area contributed by atoms with Gasteiger partial charge in [0.1, 0.15) is 16.3 Å². The number of hydrogen-bond acceptors (Lipinski definition) is 7. The van der Waals surface area contributed by atoms with Crippen molar-refractivity contribution in [1.82, 2.24) is 20.3 Å². The van der Waals surface area contributed by atoms with Gasteiger partial charge in [0, 0.05) is 29.8 Å². The second kappa shape index (κ2) is 9.66. The van der Waals surface area contributed by atoms with Crippen molar-refractivity contribution in [2.75, 3.05) is 10.6 Å². The lowest BCUT2D eigenvalue weighted by Crippen LogP contribution is -2.36. The number of anilines is 3. The van der Waals surface area contributed by atoms with Crippen LogP contribution >= 0.6 is 11.3 Å². The summed E-state index contributed by atoms with van der Waals surface area (Å²) in [4.78, 5) is 25.2. The number of amides is 2. The number of aromatic nitrogens is 3. The van der Waals surface area contributed by atoms with E-state index in [4.69, 9.17) is 0 Å². The lowest BCUT2D eigenvalue weighted by molar-refractivity contribution is -0.141. The number of hydrogen-bond donors (Lipinski definition) is 4. The summed E-state index contributed by atoms with van der Waals surface area (Å²) < 4.78 is 39.3. The first kappa shape index (κ1) is 24.4. The van der Waals surface area contributed by atoms with Gasteiger partial charge >= 0.3 is 12.2 Å². The first-order chi connectivity index (χ1) is 17.2. The maximum absolute atomic E-state index is 13.1. The van der Waals surface area contributed by atoms with Crippen molar-refractivity contribution in [3.63, 3.8) is 0 Å². The molecule has 2 amide bonds. The molecule has 2 fully saturated rings. The van der Waals surface area contributed by atoms with Crippen molar-refractivity contribution in [2.24, 2.45) is 0 Å².